The number of hydrogen-bond acceptors (Lipinski definition) is 2. The Hall–Kier alpha value is -1.71. The second-order valence-electron chi connectivity index (χ2n) is 4.68. The van der Waals surface area contributed by atoms with E-state index in [1.54, 1.807) is 14.2 Å². The van der Waals surface area contributed by atoms with Gasteiger partial charge < -0.3 is 14.7 Å². The molecule has 0 heterocycles. The van der Waals surface area contributed by atoms with Crippen molar-refractivity contribution in [3.63, 3.8) is 0 Å². The Balaban J connectivity index is 2.84. The van der Waals surface area contributed by atoms with Crippen LogP contribution in [-0.2, 0) is 6.42 Å². The summed E-state index contributed by atoms with van der Waals surface area (Å²) in [7, 11) is 3.20. The van der Waals surface area contributed by atoms with Crippen molar-refractivity contribution in [1.29, 1.82) is 0 Å². The number of nitrogens with zero attached hydrogens (tertiary/aromatic N) is 1. The van der Waals surface area contributed by atoms with Crippen molar-refractivity contribution < 1.29 is 14.6 Å². The van der Waals surface area contributed by atoms with Crippen LogP contribution in [0.2, 0.25) is 0 Å². The minimum atomic E-state index is -0.908. The molecule has 0 aliphatic carbocycles. The molecule has 0 fully saturated rings. The van der Waals surface area contributed by atoms with E-state index in [4.69, 9.17) is 9.84 Å². The average molecular weight is 251 g/mol. The van der Waals surface area contributed by atoms with Crippen molar-refractivity contribution >= 4 is 6.09 Å². The van der Waals surface area contributed by atoms with E-state index in [9.17, 15) is 4.79 Å². The highest BCUT2D eigenvalue weighted by molar-refractivity contribution is 5.64. The number of amides is 1. The van der Waals surface area contributed by atoms with Gasteiger partial charge >= 0.3 is 6.09 Å². The third-order valence-electron chi connectivity index (χ3n) is 3.01. The Morgan fingerprint density at radius 3 is 2.61 bits per heavy atom. The number of hydrogen-bond donors (Lipinski definition) is 1. The summed E-state index contributed by atoms with van der Waals surface area (Å²) in [5.74, 6) is 1.27. The summed E-state index contributed by atoms with van der Waals surface area (Å²) in [4.78, 5) is 12.0. The molecule has 1 aromatic carbocycles. The van der Waals surface area contributed by atoms with Crippen molar-refractivity contribution in [1.82, 2.24) is 4.90 Å². The van der Waals surface area contributed by atoms with Gasteiger partial charge in [0.05, 0.1) is 7.11 Å². The van der Waals surface area contributed by atoms with Crippen LogP contribution >= 0.6 is 0 Å². The molecule has 0 saturated heterocycles. The summed E-state index contributed by atoms with van der Waals surface area (Å²) in [6.45, 7) is 4.73. The van der Waals surface area contributed by atoms with Gasteiger partial charge in [0.25, 0.3) is 0 Å². The van der Waals surface area contributed by atoms with Crippen molar-refractivity contribution in [3.8, 4) is 5.75 Å². The molecule has 0 radical (unpaired) electrons. The van der Waals surface area contributed by atoms with Crippen molar-refractivity contribution in [2.45, 2.75) is 26.2 Å². The van der Waals surface area contributed by atoms with Crippen LogP contribution in [0.5, 0.6) is 5.75 Å². The van der Waals surface area contributed by atoms with Gasteiger partial charge in [0.1, 0.15) is 5.75 Å². The van der Waals surface area contributed by atoms with Crippen LogP contribution in [0.1, 0.15) is 30.9 Å². The lowest BCUT2D eigenvalue weighted by molar-refractivity contribution is 0.156. The monoisotopic (exact) mass is 251 g/mol. The molecule has 0 atom stereocenters. The number of carbonyl (C=O) groups is 1. The first-order valence-corrected chi connectivity index (χ1v) is 6.06. The van der Waals surface area contributed by atoms with Gasteiger partial charge in [-0.05, 0) is 29.5 Å². The van der Waals surface area contributed by atoms with Gasteiger partial charge in [-0.1, -0.05) is 26.0 Å². The lowest BCUT2D eigenvalue weighted by atomic mass is 9.99. The summed E-state index contributed by atoms with van der Waals surface area (Å²) in [5, 5.41) is 8.82. The van der Waals surface area contributed by atoms with Crippen LogP contribution < -0.4 is 4.74 Å². The molecular weight excluding hydrogens is 230 g/mol. The molecule has 0 bridgehead atoms. The largest absolute Gasteiger partial charge is 0.496 e. The molecule has 100 valence electrons. The number of carboxylic acid groups (broad SMARTS) is 1. The van der Waals surface area contributed by atoms with Crippen LogP contribution in [0.25, 0.3) is 0 Å². The Morgan fingerprint density at radius 2 is 2.11 bits per heavy atom. The van der Waals surface area contributed by atoms with E-state index in [-0.39, 0.29) is 0 Å². The topological polar surface area (TPSA) is 49.8 Å². The molecular formula is C14H21NO3. The molecule has 1 aromatic rings. The minimum absolute atomic E-state index is 0.451. The third kappa shape index (κ3) is 3.65. The summed E-state index contributed by atoms with van der Waals surface area (Å²) in [6, 6.07) is 6.10. The number of rotatable bonds is 5. The lowest BCUT2D eigenvalue weighted by Crippen LogP contribution is -2.27. The Kier molecular flexibility index (Phi) is 5.01. The molecule has 4 heteroatoms. The summed E-state index contributed by atoms with van der Waals surface area (Å²) < 4.78 is 5.31. The van der Waals surface area contributed by atoms with E-state index in [1.165, 1.54) is 10.5 Å². The van der Waals surface area contributed by atoms with Gasteiger partial charge in [-0.25, -0.2) is 4.79 Å². The molecule has 0 unspecified atom stereocenters. The molecule has 0 aromatic heterocycles. The lowest BCUT2D eigenvalue weighted by Gasteiger charge is -2.16. The van der Waals surface area contributed by atoms with Gasteiger partial charge in [0, 0.05) is 13.6 Å². The van der Waals surface area contributed by atoms with E-state index in [0.29, 0.717) is 18.9 Å². The van der Waals surface area contributed by atoms with Crippen molar-refractivity contribution in [2.24, 2.45) is 0 Å². The maximum Gasteiger partial charge on any atom is 0.407 e. The number of likely N-dealkylation sites (N-methyl/N-ethyl adjacent to an activating group) is 1. The van der Waals surface area contributed by atoms with Gasteiger partial charge in [0.2, 0.25) is 0 Å². The molecule has 4 nitrogen and oxygen atoms in total. The Morgan fingerprint density at radius 1 is 1.44 bits per heavy atom. The van der Waals surface area contributed by atoms with Gasteiger partial charge in [0.15, 0.2) is 0 Å². The van der Waals surface area contributed by atoms with Crippen LogP contribution in [0.15, 0.2) is 18.2 Å². The zero-order valence-electron chi connectivity index (χ0n) is 11.4. The molecule has 0 spiro atoms. The minimum Gasteiger partial charge on any atom is -0.496 e. The molecule has 0 aliphatic rings. The first kappa shape index (κ1) is 14.4. The molecule has 0 saturated carbocycles. The van der Waals surface area contributed by atoms with Crippen LogP contribution in [0.4, 0.5) is 4.79 Å². The second kappa shape index (κ2) is 6.28. The summed E-state index contributed by atoms with van der Waals surface area (Å²) in [6.07, 6.45) is -0.249. The normalized spacial score (nSPS) is 10.5. The van der Waals surface area contributed by atoms with Gasteiger partial charge in [-0.3, -0.25) is 0 Å². The highest BCUT2D eigenvalue weighted by atomic mass is 16.5. The second-order valence-corrected chi connectivity index (χ2v) is 4.68. The van der Waals surface area contributed by atoms with Crippen LogP contribution in [-0.4, -0.2) is 36.8 Å². The van der Waals surface area contributed by atoms with Gasteiger partial charge in [-0.15, -0.1) is 0 Å². The summed E-state index contributed by atoms with van der Waals surface area (Å²) >= 11 is 0. The highest BCUT2D eigenvalue weighted by Gasteiger charge is 2.10. The average Bonchev–Trinajstić information content (AvgIpc) is 2.35. The van der Waals surface area contributed by atoms with E-state index in [0.717, 1.165) is 11.3 Å². The molecule has 1 rings (SSSR count). The summed E-state index contributed by atoms with van der Waals surface area (Å²) in [5.41, 5.74) is 2.29. The molecule has 1 N–H and O–H groups in total. The number of ether oxygens (including phenoxy) is 1. The zero-order chi connectivity index (χ0) is 13.7. The predicted molar refractivity (Wildman–Crippen MR) is 71.4 cm³/mol. The number of methoxy groups -OCH3 is 1. The van der Waals surface area contributed by atoms with E-state index in [1.807, 2.05) is 12.1 Å². The van der Waals surface area contributed by atoms with Crippen LogP contribution in [0, 0.1) is 0 Å². The first-order valence-electron chi connectivity index (χ1n) is 6.06. The Bertz CT molecular complexity index is 416. The maximum absolute atomic E-state index is 10.7. The maximum atomic E-state index is 10.7. The molecule has 18 heavy (non-hydrogen) atoms. The highest BCUT2D eigenvalue weighted by Crippen LogP contribution is 2.24. The fraction of sp³-hybridized carbons (Fsp3) is 0.500. The van der Waals surface area contributed by atoms with E-state index < -0.39 is 6.09 Å². The fourth-order valence-corrected chi connectivity index (χ4v) is 1.74. The Labute approximate surface area is 108 Å². The molecule has 1 amide bonds. The third-order valence-corrected chi connectivity index (χ3v) is 3.01. The van der Waals surface area contributed by atoms with Crippen molar-refractivity contribution in [3.05, 3.63) is 29.3 Å². The SMILES string of the molecule is COc1ccc(C(C)C)cc1CCN(C)C(=O)O. The zero-order valence-corrected chi connectivity index (χ0v) is 11.4. The first-order chi connectivity index (χ1) is 8.45. The molecule has 0 aliphatic heterocycles. The standard InChI is InChI=1S/C14H21NO3/c1-10(2)11-5-6-13(18-4)12(9-11)7-8-15(3)14(16)17/h5-6,9-10H,7-8H2,1-4H3,(H,16,17). The van der Waals surface area contributed by atoms with E-state index >= 15 is 0 Å². The fourth-order valence-electron chi connectivity index (χ4n) is 1.74. The smallest absolute Gasteiger partial charge is 0.407 e. The van der Waals surface area contributed by atoms with Gasteiger partial charge in [-0.2, -0.15) is 0 Å². The number of benzene rings is 1. The van der Waals surface area contributed by atoms with Crippen LogP contribution in [0.3, 0.4) is 0 Å². The van der Waals surface area contributed by atoms with E-state index in [2.05, 4.69) is 19.9 Å². The van der Waals surface area contributed by atoms with Crippen molar-refractivity contribution in [2.75, 3.05) is 20.7 Å². The quantitative estimate of drug-likeness (QED) is 0.875. The predicted octanol–water partition coefficient (Wildman–Crippen LogP) is 2.97.